The van der Waals surface area contributed by atoms with E-state index in [2.05, 4.69) is 36.5 Å². The van der Waals surface area contributed by atoms with E-state index in [9.17, 15) is 0 Å². The third kappa shape index (κ3) is 3.23. The molecule has 106 valence electrons. The largest absolute Gasteiger partial charge is 0.0842 e. The molecule has 0 unspecified atom stereocenters. The zero-order chi connectivity index (χ0) is 13.6. The molecule has 0 N–H and O–H groups in total. The Labute approximate surface area is 123 Å². The Bertz CT molecular complexity index is 494. The lowest BCUT2D eigenvalue weighted by molar-refractivity contribution is 0.712. The third-order valence-electron chi connectivity index (χ3n) is 4.64. The molecule has 0 nitrogen and oxygen atoms in total. The van der Waals surface area contributed by atoms with Gasteiger partial charge in [-0.1, -0.05) is 42.9 Å². The topological polar surface area (TPSA) is 0 Å². The van der Waals surface area contributed by atoms with Gasteiger partial charge in [-0.3, -0.25) is 0 Å². The van der Waals surface area contributed by atoms with Crippen LogP contribution in [-0.2, 0) is 0 Å². The molecule has 3 aliphatic carbocycles. The summed E-state index contributed by atoms with van der Waals surface area (Å²) in [4.78, 5) is 0. The van der Waals surface area contributed by atoms with Crippen LogP contribution in [0.2, 0.25) is 0 Å². The molecule has 0 saturated heterocycles. The van der Waals surface area contributed by atoms with Gasteiger partial charge in [0, 0.05) is 0 Å². The van der Waals surface area contributed by atoms with Gasteiger partial charge in [-0.25, -0.2) is 0 Å². The monoisotopic (exact) mass is 266 g/mol. The molecule has 0 aromatic heterocycles. The van der Waals surface area contributed by atoms with Crippen LogP contribution in [0.25, 0.3) is 0 Å². The van der Waals surface area contributed by atoms with E-state index >= 15 is 0 Å². The Morgan fingerprint density at radius 2 is 1.40 bits per heavy atom. The summed E-state index contributed by atoms with van der Waals surface area (Å²) in [6, 6.07) is 0. The number of hydrogen-bond donors (Lipinski definition) is 0. The molecule has 0 atom stereocenters. The van der Waals surface area contributed by atoms with Gasteiger partial charge in [0.05, 0.1) is 0 Å². The van der Waals surface area contributed by atoms with Crippen LogP contribution >= 0.6 is 0 Å². The van der Waals surface area contributed by atoms with E-state index in [-0.39, 0.29) is 0 Å². The quantitative estimate of drug-likeness (QED) is 0.559. The maximum Gasteiger partial charge on any atom is -0.0192 e. The molecule has 3 rings (SSSR count). The van der Waals surface area contributed by atoms with E-state index < -0.39 is 0 Å². The zero-order valence-electron chi connectivity index (χ0n) is 12.5. The van der Waals surface area contributed by atoms with E-state index in [4.69, 9.17) is 0 Å². The van der Waals surface area contributed by atoms with Crippen LogP contribution < -0.4 is 0 Å². The molecule has 0 spiro atoms. The molecule has 0 amide bonds. The second kappa shape index (κ2) is 6.92. The summed E-state index contributed by atoms with van der Waals surface area (Å²) >= 11 is 0. The Kier molecular flexibility index (Phi) is 4.73. The number of rotatable bonds is 2. The summed E-state index contributed by atoms with van der Waals surface area (Å²) in [5.41, 5.74) is 6.32. The van der Waals surface area contributed by atoms with Crippen LogP contribution in [-0.4, -0.2) is 0 Å². The maximum atomic E-state index is 2.53. The van der Waals surface area contributed by atoms with Crippen molar-refractivity contribution in [2.24, 2.45) is 0 Å². The van der Waals surface area contributed by atoms with Gasteiger partial charge in [0.2, 0.25) is 0 Å². The molecule has 0 fully saturated rings. The molecule has 0 aliphatic heterocycles. The minimum Gasteiger partial charge on any atom is -0.0842 e. The van der Waals surface area contributed by atoms with Gasteiger partial charge in [-0.2, -0.15) is 0 Å². The molecule has 0 heteroatoms. The van der Waals surface area contributed by atoms with E-state index in [1.165, 1.54) is 64.2 Å². The Morgan fingerprint density at radius 3 is 2.20 bits per heavy atom. The number of hydrogen-bond acceptors (Lipinski definition) is 0. The Hall–Kier alpha value is -1.30. The molecular weight excluding hydrogens is 240 g/mol. The van der Waals surface area contributed by atoms with Gasteiger partial charge in [0.25, 0.3) is 0 Å². The molecular formula is C20H26. The van der Waals surface area contributed by atoms with Gasteiger partial charge in [-0.15, -0.1) is 0 Å². The lowest BCUT2D eigenvalue weighted by Crippen LogP contribution is -2.00. The second-order valence-corrected chi connectivity index (χ2v) is 6.15. The first-order valence-electron chi connectivity index (χ1n) is 8.41. The first-order valence-corrected chi connectivity index (χ1v) is 8.41. The van der Waals surface area contributed by atoms with Gasteiger partial charge in [0.15, 0.2) is 0 Å². The molecule has 0 bridgehead atoms. The lowest BCUT2D eigenvalue weighted by atomic mass is 9.86. The van der Waals surface area contributed by atoms with E-state index in [0.717, 1.165) is 0 Å². The average Bonchev–Trinajstić information content (AvgIpc) is 2.90. The molecule has 20 heavy (non-hydrogen) atoms. The normalized spacial score (nSPS) is 24.0. The fourth-order valence-electron chi connectivity index (χ4n) is 3.53. The first-order chi connectivity index (χ1) is 9.95. The summed E-state index contributed by atoms with van der Waals surface area (Å²) in [6.45, 7) is 0. The van der Waals surface area contributed by atoms with Crippen LogP contribution in [0.1, 0.15) is 64.2 Å². The van der Waals surface area contributed by atoms with Crippen molar-refractivity contribution in [3.8, 4) is 0 Å². The minimum absolute atomic E-state index is 1.20. The van der Waals surface area contributed by atoms with Crippen molar-refractivity contribution in [2.45, 2.75) is 64.2 Å². The first kappa shape index (κ1) is 13.7. The van der Waals surface area contributed by atoms with Gasteiger partial charge >= 0.3 is 0 Å². The predicted molar refractivity (Wildman–Crippen MR) is 87.6 cm³/mol. The molecule has 0 aromatic rings. The second-order valence-electron chi connectivity index (χ2n) is 6.15. The van der Waals surface area contributed by atoms with E-state index in [1.807, 2.05) is 0 Å². The van der Waals surface area contributed by atoms with Crippen molar-refractivity contribution >= 4 is 0 Å². The molecule has 0 heterocycles. The maximum absolute atomic E-state index is 2.53. The van der Waals surface area contributed by atoms with Gasteiger partial charge < -0.3 is 0 Å². The minimum atomic E-state index is 1.20. The number of allylic oxidation sites excluding steroid dienone is 10. The fourth-order valence-corrected chi connectivity index (χ4v) is 3.53. The van der Waals surface area contributed by atoms with Crippen LogP contribution in [0.15, 0.2) is 58.7 Å². The highest BCUT2D eigenvalue weighted by atomic mass is 14.2. The summed E-state index contributed by atoms with van der Waals surface area (Å²) in [7, 11) is 0. The van der Waals surface area contributed by atoms with Crippen molar-refractivity contribution in [1.29, 1.82) is 0 Å². The summed E-state index contributed by atoms with van der Waals surface area (Å²) < 4.78 is 0. The van der Waals surface area contributed by atoms with Gasteiger partial charge in [0.1, 0.15) is 0 Å². The summed E-state index contributed by atoms with van der Waals surface area (Å²) in [5, 5.41) is 0. The van der Waals surface area contributed by atoms with E-state index in [0.29, 0.717) is 0 Å². The van der Waals surface area contributed by atoms with Crippen molar-refractivity contribution in [3.63, 3.8) is 0 Å². The van der Waals surface area contributed by atoms with Crippen LogP contribution in [0, 0.1) is 0 Å². The SMILES string of the molecule is C1=CCCC(C2=CCCCC=C2C2=CCCCCC2)=C1. The standard InChI is InChI=1S/C20H26/c1-2-6-12-17(11-5-1)19-15-9-4-10-16-20(19)18-13-7-3-8-14-18/h3,7,11,13,15-16H,1-2,4-6,8-10,12,14H2. The third-order valence-corrected chi connectivity index (χ3v) is 4.64. The zero-order valence-corrected chi connectivity index (χ0v) is 12.5. The fraction of sp³-hybridized carbons (Fsp3) is 0.500. The Balaban J connectivity index is 1.92. The molecule has 0 radical (unpaired) electrons. The van der Waals surface area contributed by atoms with Crippen LogP contribution in [0.5, 0.6) is 0 Å². The predicted octanol–water partition coefficient (Wildman–Crippen LogP) is 6.19. The van der Waals surface area contributed by atoms with Crippen LogP contribution in [0.4, 0.5) is 0 Å². The highest BCUT2D eigenvalue weighted by Gasteiger charge is 2.17. The smallest absolute Gasteiger partial charge is 0.0192 e. The van der Waals surface area contributed by atoms with Crippen molar-refractivity contribution in [3.05, 3.63) is 58.7 Å². The van der Waals surface area contributed by atoms with Crippen molar-refractivity contribution in [2.75, 3.05) is 0 Å². The van der Waals surface area contributed by atoms with E-state index in [1.54, 1.807) is 22.3 Å². The molecule has 0 saturated carbocycles. The van der Waals surface area contributed by atoms with Crippen LogP contribution in [0.3, 0.4) is 0 Å². The molecule has 3 aliphatic rings. The highest BCUT2D eigenvalue weighted by Crippen LogP contribution is 2.36. The lowest BCUT2D eigenvalue weighted by Gasteiger charge is -2.19. The Morgan fingerprint density at radius 1 is 0.600 bits per heavy atom. The molecule has 0 aromatic carbocycles. The van der Waals surface area contributed by atoms with Crippen molar-refractivity contribution < 1.29 is 0 Å². The highest BCUT2D eigenvalue weighted by molar-refractivity contribution is 5.57. The summed E-state index contributed by atoms with van der Waals surface area (Å²) in [5.74, 6) is 0. The summed E-state index contributed by atoms with van der Waals surface area (Å²) in [6.07, 6.45) is 27.3. The average molecular weight is 266 g/mol. The van der Waals surface area contributed by atoms with Gasteiger partial charge in [-0.05, 0) is 80.1 Å². The van der Waals surface area contributed by atoms with Crippen molar-refractivity contribution in [1.82, 2.24) is 0 Å².